The number of nitrogens with zero attached hydrogens (tertiary/aromatic N) is 2. The van der Waals surface area contributed by atoms with Crippen LogP contribution in [0.5, 0.6) is 0 Å². The van der Waals surface area contributed by atoms with E-state index in [0.717, 1.165) is 42.1 Å². The molecule has 0 fully saturated rings. The lowest BCUT2D eigenvalue weighted by atomic mass is 10.1. The van der Waals surface area contributed by atoms with Crippen LogP contribution in [0.4, 0.5) is 0 Å². The van der Waals surface area contributed by atoms with Crippen molar-refractivity contribution in [3.05, 3.63) is 68.3 Å². The maximum atomic E-state index is 6.31. The summed E-state index contributed by atoms with van der Waals surface area (Å²) < 4.78 is 2.33. The predicted molar refractivity (Wildman–Crippen MR) is 118 cm³/mol. The highest BCUT2D eigenvalue weighted by Crippen LogP contribution is 2.33. The summed E-state index contributed by atoms with van der Waals surface area (Å²) in [5.74, 6) is 0. The number of aromatic nitrogens is 1. The maximum Gasteiger partial charge on any atom is 0.0598 e. The van der Waals surface area contributed by atoms with E-state index in [0.29, 0.717) is 10.0 Å². The number of fused-ring (bicyclic) bond motifs is 3. The second-order valence-electron chi connectivity index (χ2n) is 7.20. The molecule has 0 spiro atoms. The van der Waals surface area contributed by atoms with Crippen molar-refractivity contribution in [1.82, 2.24) is 9.47 Å². The molecule has 0 radical (unpaired) electrons. The summed E-state index contributed by atoms with van der Waals surface area (Å²) in [4.78, 5) is 2.39. The molecule has 0 aliphatic carbocycles. The molecule has 140 valence electrons. The summed E-state index contributed by atoms with van der Waals surface area (Å²) in [5.41, 5.74) is 6.19. The SMILES string of the molecule is C/C(=C/n1c2c(c3cc(Cl)ccc31)CCN(C)CC2)c1ccc(Cl)c(Cl)c1. The van der Waals surface area contributed by atoms with E-state index in [4.69, 9.17) is 34.8 Å². The molecule has 0 N–H and O–H groups in total. The first kappa shape index (κ1) is 18.9. The van der Waals surface area contributed by atoms with E-state index in [9.17, 15) is 0 Å². The summed E-state index contributed by atoms with van der Waals surface area (Å²) in [6.45, 7) is 4.22. The zero-order valence-electron chi connectivity index (χ0n) is 15.4. The lowest BCUT2D eigenvalue weighted by Gasteiger charge is -2.13. The van der Waals surface area contributed by atoms with Gasteiger partial charge in [0, 0.05) is 41.8 Å². The van der Waals surface area contributed by atoms with Gasteiger partial charge in [0.15, 0.2) is 0 Å². The molecule has 3 aromatic rings. The van der Waals surface area contributed by atoms with Crippen LogP contribution in [0.15, 0.2) is 36.4 Å². The van der Waals surface area contributed by atoms with Crippen LogP contribution in [0.25, 0.3) is 22.7 Å². The van der Waals surface area contributed by atoms with Crippen molar-refractivity contribution >= 4 is 57.5 Å². The van der Waals surface area contributed by atoms with Gasteiger partial charge >= 0.3 is 0 Å². The normalized spacial score (nSPS) is 15.8. The van der Waals surface area contributed by atoms with Crippen molar-refractivity contribution in [2.24, 2.45) is 0 Å². The molecule has 1 aliphatic heterocycles. The molecule has 2 nitrogen and oxygen atoms in total. The standard InChI is InChI=1S/C22H21Cl3N2/c1-14(15-3-5-19(24)20(25)11-15)13-27-21-6-4-16(23)12-18(21)17-7-9-26(2)10-8-22(17)27/h3-6,11-13H,7-10H2,1-2H3/b14-13-. The van der Waals surface area contributed by atoms with E-state index in [1.165, 1.54) is 22.2 Å². The van der Waals surface area contributed by atoms with Crippen molar-refractivity contribution in [2.45, 2.75) is 19.8 Å². The Hall–Kier alpha value is -1.45. The van der Waals surface area contributed by atoms with Gasteiger partial charge in [-0.05, 0) is 67.4 Å². The molecule has 5 heteroatoms. The average Bonchev–Trinajstić information content (AvgIpc) is 2.78. The van der Waals surface area contributed by atoms with Crippen LogP contribution in [0, 0.1) is 0 Å². The van der Waals surface area contributed by atoms with Crippen LogP contribution in [0.3, 0.4) is 0 Å². The Bertz CT molecular complexity index is 1050. The zero-order chi connectivity index (χ0) is 19.1. The van der Waals surface area contributed by atoms with E-state index in [1.807, 2.05) is 24.3 Å². The molecule has 0 amide bonds. The second kappa shape index (κ2) is 7.52. The van der Waals surface area contributed by atoms with Crippen LogP contribution in [0.1, 0.15) is 23.7 Å². The lowest BCUT2D eigenvalue weighted by Crippen LogP contribution is -2.21. The highest BCUT2D eigenvalue weighted by Gasteiger charge is 2.20. The molecule has 4 rings (SSSR count). The van der Waals surface area contributed by atoms with Gasteiger partial charge in [0.1, 0.15) is 0 Å². The molecule has 0 atom stereocenters. The van der Waals surface area contributed by atoms with Crippen LogP contribution in [0.2, 0.25) is 15.1 Å². The van der Waals surface area contributed by atoms with Crippen LogP contribution in [-0.4, -0.2) is 29.6 Å². The van der Waals surface area contributed by atoms with Crippen molar-refractivity contribution in [2.75, 3.05) is 20.1 Å². The number of rotatable bonds is 2. The summed E-state index contributed by atoms with van der Waals surface area (Å²) in [6.07, 6.45) is 4.26. The fraction of sp³-hybridized carbons (Fsp3) is 0.273. The van der Waals surface area contributed by atoms with Crippen molar-refractivity contribution in [1.29, 1.82) is 0 Å². The fourth-order valence-corrected chi connectivity index (χ4v) is 4.30. The maximum absolute atomic E-state index is 6.31. The number of allylic oxidation sites excluding steroid dienone is 1. The van der Waals surface area contributed by atoms with E-state index in [1.54, 1.807) is 0 Å². The smallest absolute Gasteiger partial charge is 0.0598 e. The summed E-state index contributed by atoms with van der Waals surface area (Å²) in [6, 6.07) is 12.0. The Morgan fingerprint density at radius 3 is 2.52 bits per heavy atom. The van der Waals surface area contributed by atoms with E-state index in [2.05, 4.69) is 41.8 Å². The molecule has 0 bridgehead atoms. The van der Waals surface area contributed by atoms with Crippen molar-refractivity contribution in [3.63, 3.8) is 0 Å². The highest BCUT2D eigenvalue weighted by molar-refractivity contribution is 6.42. The molecular formula is C22H21Cl3N2. The first-order valence-corrected chi connectivity index (χ1v) is 10.2. The van der Waals surface area contributed by atoms with Gasteiger partial charge in [-0.1, -0.05) is 40.9 Å². The molecule has 2 heterocycles. The van der Waals surface area contributed by atoms with Crippen LogP contribution >= 0.6 is 34.8 Å². The summed E-state index contributed by atoms with van der Waals surface area (Å²) >= 11 is 18.6. The molecule has 1 aromatic heterocycles. The minimum absolute atomic E-state index is 0.575. The van der Waals surface area contributed by atoms with E-state index >= 15 is 0 Å². The number of halogens is 3. The number of likely N-dealkylation sites (N-methyl/N-ethyl adjacent to an activating group) is 1. The van der Waals surface area contributed by atoms with Gasteiger partial charge in [-0.25, -0.2) is 0 Å². The third kappa shape index (κ3) is 3.64. The first-order valence-electron chi connectivity index (χ1n) is 9.07. The monoisotopic (exact) mass is 418 g/mol. The van der Waals surface area contributed by atoms with Gasteiger partial charge in [0.25, 0.3) is 0 Å². The lowest BCUT2D eigenvalue weighted by molar-refractivity contribution is 0.351. The third-order valence-corrected chi connectivity index (χ3v) is 6.33. The molecule has 2 aromatic carbocycles. The number of benzene rings is 2. The van der Waals surface area contributed by atoms with Gasteiger partial charge < -0.3 is 9.47 Å². The summed E-state index contributed by atoms with van der Waals surface area (Å²) in [7, 11) is 2.18. The van der Waals surface area contributed by atoms with E-state index < -0.39 is 0 Å². The highest BCUT2D eigenvalue weighted by atomic mass is 35.5. The zero-order valence-corrected chi connectivity index (χ0v) is 17.7. The Kier molecular flexibility index (Phi) is 5.26. The van der Waals surface area contributed by atoms with Gasteiger partial charge in [-0.15, -0.1) is 0 Å². The molecule has 0 unspecified atom stereocenters. The number of hydrogen-bond acceptors (Lipinski definition) is 1. The molecule has 0 saturated heterocycles. The minimum Gasteiger partial charge on any atom is -0.320 e. The largest absolute Gasteiger partial charge is 0.320 e. The van der Waals surface area contributed by atoms with Gasteiger partial charge in [0.05, 0.1) is 15.6 Å². The van der Waals surface area contributed by atoms with Crippen molar-refractivity contribution in [3.8, 4) is 0 Å². The fourth-order valence-electron chi connectivity index (χ4n) is 3.82. The van der Waals surface area contributed by atoms with Gasteiger partial charge in [-0.3, -0.25) is 0 Å². The Morgan fingerprint density at radius 1 is 0.963 bits per heavy atom. The molecule has 0 saturated carbocycles. The van der Waals surface area contributed by atoms with Crippen molar-refractivity contribution < 1.29 is 0 Å². The van der Waals surface area contributed by atoms with E-state index in [-0.39, 0.29) is 0 Å². The third-order valence-electron chi connectivity index (χ3n) is 5.35. The molecular weight excluding hydrogens is 399 g/mol. The summed E-state index contributed by atoms with van der Waals surface area (Å²) in [5, 5.41) is 3.19. The first-order chi connectivity index (χ1) is 12.9. The molecule has 1 aliphatic rings. The number of hydrogen-bond donors (Lipinski definition) is 0. The minimum atomic E-state index is 0.575. The Balaban J connectivity index is 1.89. The van der Waals surface area contributed by atoms with Gasteiger partial charge in [0.2, 0.25) is 0 Å². The van der Waals surface area contributed by atoms with Crippen LogP contribution < -0.4 is 0 Å². The predicted octanol–water partition coefficient (Wildman–Crippen LogP) is 6.65. The Labute approximate surface area is 174 Å². The second-order valence-corrected chi connectivity index (χ2v) is 8.45. The Morgan fingerprint density at radius 2 is 1.74 bits per heavy atom. The van der Waals surface area contributed by atoms with Gasteiger partial charge in [-0.2, -0.15) is 0 Å². The molecule has 27 heavy (non-hydrogen) atoms. The topological polar surface area (TPSA) is 8.17 Å². The quantitative estimate of drug-likeness (QED) is 0.451. The average molecular weight is 420 g/mol. The van der Waals surface area contributed by atoms with Crippen LogP contribution in [-0.2, 0) is 12.8 Å².